The second-order valence-electron chi connectivity index (χ2n) is 3.10. The average molecular weight is 336 g/mol. The van der Waals surface area contributed by atoms with Crippen molar-refractivity contribution >= 4 is 15.9 Å². The summed E-state index contributed by atoms with van der Waals surface area (Å²) in [7, 11) is 0. The van der Waals surface area contributed by atoms with E-state index < -0.39 is 36.3 Å². The van der Waals surface area contributed by atoms with E-state index in [9.17, 15) is 22.0 Å². The highest BCUT2D eigenvalue weighted by molar-refractivity contribution is 9.08. The fraction of sp³-hybridized carbons (Fsp3) is 0.444. The molecule has 1 aromatic heterocycles. The summed E-state index contributed by atoms with van der Waals surface area (Å²) in [5.74, 6) is -0.926. The number of hydrogen-bond acceptors (Lipinski definition) is 3. The summed E-state index contributed by atoms with van der Waals surface area (Å²) < 4.78 is 65.2. The number of hydrogen-bond donors (Lipinski definition) is 1. The summed E-state index contributed by atoms with van der Waals surface area (Å²) in [6, 6.07) is 0. The maximum Gasteiger partial charge on any atom is 0.573 e. The second kappa shape index (κ2) is 5.79. The summed E-state index contributed by atoms with van der Waals surface area (Å²) >= 11 is 2.89. The van der Waals surface area contributed by atoms with E-state index in [4.69, 9.17) is 5.11 Å². The van der Waals surface area contributed by atoms with Gasteiger partial charge in [-0.1, -0.05) is 15.9 Å². The topological polar surface area (TPSA) is 42.4 Å². The SMILES string of the molecule is OCc1c(OC(F)(F)F)cnc(CBr)c1C(F)F. The van der Waals surface area contributed by atoms with Gasteiger partial charge in [0.25, 0.3) is 6.43 Å². The minimum Gasteiger partial charge on any atom is -0.404 e. The Balaban J connectivity index is 3.33. The quantitative estimate of drug-likeness (QED) is 0.678. The van der Waals surface area contributed by atoms with Crippen LogP contribution in [0.4, 0.5) is 22.0 Å². The zero-order valence-corrected chi connectivity index (χ0v) is 10.2. The molecule has 0 bridgehead atoms. The number of pyridine rings is 1. The van der Waals surface area contributed by atoms with Gasteiger partial charge in [-0.3, -0.25) is 4.98 Å². The monoisotopic (exact) mass is 335 g/mol. The lowest BCUT2D eigenvalue weighted by Gasteiger charge is -2.16. The van der Waals surface area contributed by atoms with Gasteiger partial charge in [-0.25, -0.2) is 8.78 Å². The highest BCUT2D eigenvalue weighted by atomic mass is 79.9. The van der Waals surface area contributed by atoms with Crippen LogP contribution in [0.5, 0.6) is 5.75 Å². The third kappa shape index (κ3) is 3.52. The van der Waals surface area contributed by atoms with E-state index in [2.05, 4.69) is 25.7 Å². The lowest BCUT2D eigenvalue weighted by Crippen LogP contribution is -2.19. The van der Waals surface area contributed by atoms with Crippen molar-refractivity contribution < 1.29 is 31.8 Å². The van der Waals surface area contributed by atoms with Crippen LogP contribution in [0.1, 0.15) is 23.2 Å². The van der Waals surface area contributed by atoms with E-state index in [1.807, 2.05) is 0 Å². The second-order valence-corrected chi connectivity index (χ2v) is 3.66. The van der Waals surface area contributed by atoms with Gasteiger partial charge in [0.15, 0.2) is 5.75 Å². The number of ether oxygens (including phenoxy) is 1. The summed E-state index contributed by atoms with van der Waals surface area (Å²) in [5, 5.41) is 8.86. The van der Waals surface area contributed by atoms with Crippen LogP contribution in [0.2, 0.25) is 0 Å². The Hall–Kier alpha value is -0.960. The molecule has 0 aliphatic heterocycles. The molecule has 0 spiro atoms. The molecule has 18 heavy (non-hydrogen) atoms. The van der Waals surface area contributed by atoms with Gasteiger partial charge < -0.3 is 9.84 Å². The van der Waals surface area contributed by atoms with Crippen molar-refractivity contribution in [3.05, 3.63) is 23.0 Å². The molecule has 1 rings (SSSR count). The molecular formula is C9H7BrF5NO2. The van der Waals surface area contributed by atoms with E-state index in [0.29, 0.717) is 6.20 Å². The molecule has 9 heteroatoms. The van der Waals surface area contributed by atoms with Gasteiger partial charge in [0.1, 0.15) is 0 Å². The van der Waals surface area contributed by atoms with Crippen molar-refractivity contribution in [1.82, 2.24) is 4.98 Å². The third-order valence-corrected chi connectivity index (χ3v) is 2.53. The number of rotatable bonds is 4. The molecule has 1 N–H and O–H groups in total. The predicted molar refractivity (Wildman–Crippen MR) is 54.4 cm³/mol. The third-order valence-electron chi connectivity index (χ3n) is 2.00. The normalized spacial score (nSPS) is 12.0. The summed E-state index contributed by atoms with van der Waals surface area (Å²) in [6.07, 6.45) is -7.45. The van der Waals surface area contributed by atoms with Crippen molar-refractivity contribution in [2.75, 3.05) is 0 Å². The maximum absolute atomic E-state index is 12.8. The van der Waals surface area contributed by atoms with Gasteiger partial charge in [-0.2, -0.15) is 0 Å². The molecule has 0 amide bonds. The molecule has 0 saturated heterocycles. The van der Waals surface area contributed by atoms with Crippen molar-refractivity contribution in [1.29, 1.82) is 0 Å². The van der Waals surface area contributed by atoms with Crippen LogP contribution in [0, 0.1) is 0 Å². The van der Waals surface area contributed by atoms with Crippen molar-refractivity contribution in [2.45, 2.75) is 24.7 Å². The molecule has 1 heterocycles. The Morgan fingerprint density at radius 1 is 1.39 bits per heavy atom. The van der Waals surface area contributed by atoms with E-state index in [0.717, 1.165) is 0 Å². The summed E-state index contributed by atoms with van der Waals surface area (Å²) in [4.78, 5) is 3.45. The number of aliphatic hydroxyl groups is 1. The highest BCUT2D eigenvalue weighted by Gasteiger charge is 2.34. The standard InChI is InChI=1S/C9H7BrF5NO2/c10-1-5-7(8(11)12)4(3-17)6(2-16-5)18-9(13,14)15/h2,8,17H,1,3H2. The van der Waals surface area contributed by atoms with Crippen molar-refractivity contribution in [2.24, 2.45) is 0 Å². The first-order chi connectivity index (χ1) is 8.30. The Bertz CT molecular complexity index is 424. The van der Waals surface area contributed by atoms with Crippen LogP contribution >= 0.6 is 15.9 Å². The number of aliphatic hydroxyl groups excluding tert-OH is 1. The highest BCUT2D eigenvalue weighted by Crippen LogP contribution is 2.35. The molecule has 102 valence electrons. The Morgan fingerprint density at radius 2 is 2.00 bits per heavy atom. The molecular weight excluding hydrogens is 329 g/mol. The molecule has 0 atom stereocenters. The van der Waals surface area contributed by atoms with Crippen LogP contribution < -0.4 is 4.74 Å². The summed E-state index contributed by atoms with van der Waals surface area (Å²) in [5.41, 5.74) is -1.52. The fourth-order valence-corrected chi connectivity index (χ4v) is 1.78. The van der Waals surface area contributed by atoms with E-state index in [1.54, 1.807) is 0 Å². The van der Waals surface area contributed by atoms with Gasteiger partial charge in [-0.15, -0.1) is 13.2 Å². The van der Waals surface area contributed by atoms with Crippen LogP contribution in [-0.4, -0.2) is 16.5 Å². The maximum atomic E-state index is 12.8. The van der Waals surface area contributed by atoms with Crippen LogP contribution in [0.3, 0.4) is 0 Å². The molecule has 0 unspecified atom stereocenters. The Labute approximate surface area is 107 Å². The van der Waals surface area contributed by atoms with E-state index in [1.165, 1.54) is 0 Å². The zero-order valence-electron chi connectivity index (χ0n) is 8.64. The molecule has 0 aliphatic carbocycles. The molecule has 0 radical (unpaired) electrons. The zero-order chi connectivity index (χ0) is 13.9. The molecule has 0 fully saturated rings. The van der Waals surface area contributed by atoms with Crippen LogP contribution in [0.15, 0.2) is 6.20 Å². The number of alkyl halides is 6. The van der Waals surface area contributed by atoms with Crippen LogP contribution in [-0.2, 0) is 11.9 Å². The first kappa shape index (κ1) is 15.1. The molecule has 0 aromatic carbocycles. The lowest BCUT2D eigenvalue weighted by atomic mass is 10.1. The van der Waals surface area contributed by atoms with Crippen molar-refractivity contribution in [3.63, 3.8) is 0 Å². The van der Waals surface area contributed by atoms with Gasteiger partial charge in [0.05, 0.1) is 18.5 Å². The molecule has 1 aromatic rings. The molecule has 3 nitrogen and oxygen atoms in total. The minimum absolute atomic E-state index is 0.0774. The first-order valence-electron chi connectivity index (χ1n) is 4.51. The number of halogens is 6. The Morgan fingerprint density at radius 3 is 2.39 bits per heavy atom. The lowest BCUT2D eigenvalue weighted by molar-refractivity contribution is -0.275. The minimum atomic E-state index is -5.04. The smallest absolute Gasteiger partial charge is 0.404 e. The number of nitrogens with zero attached hydrogens (tertiary/aromatic N) is 1. The summed E-state index contributed by atoms with van der Waals surface area (Å²) in [6.45, 7) is -1.01. The largest absolute Gasteiger partial charge is 0.573 e. The van der Waals surface area contributed by atoms with Crippen LogP contribution in [0.25, 0.3) is 0 Å². The van der Waals surface area contributed by atoms with E-state index >= 15 is 0 Å². The Kier molecular flexibility index (Phi) is 4.85. The average Bonchev–Trinajstić information content (AvgIpc) is 2.26. The molecule has 0 aliphatic rings. The van der Waals surface area contributed by atoms with E-state index in [-0.39, 0.29) is 11.0 Å². The fourth-order valence-electron chi connectivity index (χ4n) is 1.33. The van der Waals surface area contributed by atoms with Gasteiger partial charge >= 0.3 is 6.36 Å². The predicted octanol–water partition coefficient (Wildman–Crippen LogP) is 3.31. The van der Waals surface area contributed by atoms with Crippen molar-refractivity contribution in [3.8, 4) is 5.75 Å². The van der Waals surface area contributed by atoms with Gasteiger partial charge in [-0.05, 0) is 0 Å². The van der Waals surface area contributed by atoms with Gasteiger partial charge in [0.2, 0.25) is 0 Å². The van der Waals surface area contributed by atoms with Gasteiger partial charge in [0, 0.05) is 16.5 Å². The number of aromatic nitrogens is 1. The first-order valence-corrected chi connectivity index (χ1v) is 5.63. The molecule has 0 saturated carbocycles.